The molecular weight excluding hydrogens is 330 g/mol. The Bertz CT molecular complexity index is 642. The van der Waals surface area contributed by atoms with Crippen molar-refractivity contribution in [1.29, 1.82) is 0 Å². The highest BCUT2D eigenvalue weighted by Gasteiger charge is 2.29. The van der Waals surface area contributed by atoms with Crippen LogP contribution in [-0.4, -0.2) is 40.4 Å². The maximum Gasteiger partial charge on any atom is 0.196 e. The molecule has 2 heterocycles. The maximum absolute atomic E-state index is 6.61. The van der Waals surface area contributed by atoms with E-state index in [1.54, 1.807) is 0 Å². The Morgan fingerprint density at radius 1 is 1.04 bits per heavy atom. The van der Waals surface area contributed by atoms with Crippen molar-refractivity contribution in [1.82, 2.24) is 9.88 Å². The molecule has 0 aliphatic carbocycles. The number of guanidine groups is 1. The van der Waals surface area contributed by atoms with Crippen LogP contribution in [0.15, 0.2) is 64.7 Å². The molecule has 1 aromatic heterocycles. The molecule has 0 saturated carbocycles. The third kappa shape index (κ3) is 4.16. The average Bonchev–Trinajstić information content (AvgIpc) is 2.57. The van der Waals surface area contributed by atoms with Gasteiger partial charge in [-0.25, -0.2) is 4.99 Å². The predicted molar refractivity (Wildman–Crippen MR) is 101 cm³/mol. The monoisotopic (exact) mass is 351 g/mol. The van der Waals surface area contributed by atoms with Gasteiger partial charge in [-0.3, -0.25) is 10.1 Å². The van der Waals surface area contributed by atoms with E-state index in [0.717, 1.165) is 35.3 Å². The van der Waals surface area contributed by atoms with Crippen LogP contribution < -0.4 is 10.9 Å². The first-order valence-corrected chi connectivity index (χ1v) is 9.32. The van der Waals surface area contributed by atoms with Crippen molar-refractivity contribution in [2.24, 2.45) is 15.9 Å². The van der Waals surface area contributed by atoms with Crippen LogP contribution in [0.5, 0.6) is 0 Å². The van der Waals surface area contributed by atoms with E-state index < -0.39 is 10.2 Å². The maximum atomic E-state index is 6.61. The zero-order valence-corrected chi connectivity index (χ0v) is 14.5. The first-order chi connectivity index (χ1) is 10.7. The molecule has 4 N–H and O–H groups in total. The largest absolute Gasteiger partial charge is 0.369 e. The number of benzene rings is 1. The van der Waals surface area contributed by atoms with Crippen molar-refractivity contribution >= 4 is 34.3 Å². The summed E-state index contributed by atoms with van der Waals surface area (Å²) < 4.78 is 0. The molecule has 124 valence electrons. The van der Waals surface area contributed by atoms with Crippen LogP contribution in [0.1, 0.15) is 0 Å². The van der Waals surface area contributed by atoms with Gasteiger partial charge >= 0.3 is 0 Å². The lowest BCUT2D eigenvalue weighted by atomic mass is 10.3. The summed E-state index contributed by atoms with van der Waals surface area (Å²) >= 11 is 0. The van der Waals surface area contributed by atoms with Crippen molar-refractivity contribution < 1.29 is 0 Å². The molecule has 0 spiro atoms. The molecule has 1 saturated heterocycles. The molecule has 7 heteroatoms. The molecule has 23 heavy (non-hydrogen) atoms. The van der Waals surface area contributed by atoms with E-state index in [1.165, 1.54) is 0 Å². The average molecular weight is 352 g/mol. The summed E-state index contributed by atoms with van der Waals surface area (Å²) in [6.45, 7) is 1.65. The summed E-state index contributed by atoms with van der Waals surface area (Å²) in [6, 6.07) is 15.7. The van der Waals surface area contributed by atoms with E-state index in [9.17, 15) is 0 Å². The van der Waals surface area contributed by atoms with Gasteiger partial charge in [0.1, 0.15) is 0 Å². The van der Waals surface area contributed by atoms with Gasteiger partial charge in [0.2, 0.25) is 0 Å². The fourth-order valence-corrected chi connectivity index (χ4v) is 4.83. The molecule has 0 unspecified atom stereocenters. The molecule has 0 radical (unpaired) electrons. The predicted octanol–water partition coefficient (Wildman–Crippen LogP) is 2.50. The van der Waals surface area contributed by atoms with Crippen LogP contribution in [0.4, 0.5) is 5.69 Å². The van der Waals surface area contributed by atoms with Gasteiger partial charge in [0.15, 0.2) is 5.96 Å². The van der Waals surface area contributed by atoms with Crippen LogP contribution in [-0.2, 0) is 0 Å². The molecular formula is C16H22ClN5S. The topological polar surface area (TPSA) is 80.5 Å². The zero-order valence-electron chi connectivity index (χ0n) is 12.8. The summed E-state index contributed by atoms with van der Waals surface area (Å²) in [6.07, 6.45) is 1.81. The molecule has 0 bridgehead atoms. The lowest BCUT2D eigenvalue weighted by Crippen LogP contribution is -2.47. The Morgan fingerprint density at radius 3 is 2.30 bits per heavy atom. The SMILES string of the molecule is Cl.NC(=Nc1ccccc1)N1CCS(N)(c2ccccn2)CC1. The second kappa shape index (κ2) is 7.68. The van der Waals surface area contributed by atoms with Gasteiger partial charge in [-0.2, -0.15) is 0 Å². The van der Waals surface area contributed by atoms with Crippen LogP contribution in [0, 0.1) is 0 Å². The minimum absolute atomic E-state index is 0. The second-order valence-electron chi connectivity index (χ2n) is 5.31. The molecule has 5 nitrogen and oxygen atoms in total. The highest BCUT2D eigenvalue weighted by molar-refractivity contribution is 8.31. The van der Waals surface area contributed by atoms with Gasteiger partial charge in [0.05, 0.1) is 10.7 Å². The Balaban J connectivity index is 0.00000192. The molecule has 1 fully saturated rings. The quantitative estimate of drug-likeness (QED) is 0.643. The standard InChI is InChI=1S/C16H21N5S.ClH/c17-16(20-14-6-2-1-3-7-14)21-10-12-22(18,13-11-21)15-8-4-5-9-19-15;/h1-9H,10-13,18H2,(H2,17,20);1H. The van der Waals surface area contributed by atoms with E-state index in [4.69, 9.17) is 10.9 Å². The van der Waals surface area contributed by atoms with Gasteiger partial charge in [-0.1, -0.05) is 24.3 Å². The summed E-state index contributed by atoms with van der Waals surface area (Å²) in [4.78, 5) is 11.0. The number of hydrogen-bond acceptors (Lipinski definition) is 3. The van der Waals surface area contributed by atoms with Crippen molar-refractivity contribution in [3.8, 4) is 0 Å². The molecule has 2 aromatic rings. The lowest BCUT2D eigenvalue weighted by Gasteiger charge is -2.43. The molecule has 1 aromatic carbocycles. The van der Waals surface area contributed by atoms with Crippen molar-refractivity contribution in [2.45, 2.75) is 5.03 Å². The summed E-state index contributed by atoms with van der Waals surface area (Å²) in [5.41, 5.74) is 7.01. The number of nitrogens with zero attached hydrogens (tertiary/aromatic N) is 3. The van der Waals surface area contributed by atoms with Crippen LogP contribution in [0.25, 0.3) is 0 Å². The van der Waals surface area contributed by atoms with Crippen molar-refractivity contribution in [3.63, 3.8) is 0 Å². The zero-order chi connectivity index (χ0) is 15.4. The third-order valence-electron chi connectivity index (χ3n) is 3.83. The fourth-order valence-electron chi connectivity index (χ4n) is 2.49. The number of hydrogen-bond donors (Lipinski definition) is 2. The molecule has 3 rings (SSSR count). The number of aliphatic imine (C=N–C) groups is 1. The van der Waals surface area contributed by atoms with Crippen molar-refractivity contribution in [2.75, 3.05) is 24.6 Å². The Hall–Kier alpha value is -1.76. The number of pyridine rings is 1. The van der Waals surface area contributed by atoms with Gasteiger partial charge in [-0.15, -0.1) is 22.6 Å². The lowest BCUT2D eigenvalue weighted by molar-refractivity contribution is 0.453. The summed E-state index contributed by atoms with van der Waals surface area (Å²) in [5, 5.41) is 7.64. The Morgan fingerprint density at radius 2 is 1.70 bits per heavy atom. The summed E-state index contributed by atoms with van der Waals surface area (Å²) in [5.74, 6) is 2.36. The number of para-hydroxylation sites is 1. The van der Waals surface area contributed by atoms with Gasteiger partial charge in [0.25, 0.3) is 0 Å². The first-order valence-electron chi connectivity index (χ1n) is 7.29. The van der Waals surface area contributed by atoms with E-state index in [0.29, 0.717) is 5.96 Å². The third-order valence-corrected chi connectivity index (χ3v) is 6.73. The van der Waals surface area contributed by atoms with Gasteiger partial charge in [0, 0.05) is 30.8 Å². The van der Waals surface area contributed by atoms with Crippen LogP contribution in [0.3, 0.4) is 0 Å². The minimum Gasteiger partial charge on any atom is -0.369 e. The van der Waals surface area contributed by atoms with Crippen LogP contribution in [0.2, 0.25) is 0 Å². The van der Waals surface area contributed by atoms with E-state index in [-0.39, 0.29) is 12.4 Å². The highest BCUT2D eigenvalue weighted by Crippen LogP contribution is 2.48. The number of aromatic nitrogens is 1. The van der Waals surface area contributed by atoms with Crippen molar-refractivity contribution in [3.05, 3.63) is 54.7 Å². The highest BCUT2D eigenvalue weighted by atomic mass is 35.5. The minimum atomic E-state index is -1.32. The number of rotatable bonds is 2. The van der Waals surface area contributed by atoms with Gasteiger partial charge in [-0.05, 0) is 24.3 Å². The first kappa shape index (κ1) is 17.6. The van der Waals surface area contributed by atoms with E-state index in [1.807, 2.05) is 54.7 Å². The smallest absolute Gasteiger partial charge is 0.196 e. The fraction of sp³-hybridized carbons (Fsp3) is 0.250. The van der Waals surface area contributed by atoms with E-state index in [2.05, 4.69) is 14.9 Å². The Labute approximate surface area is 144 Å². The van der Waals surface area contributed by atoms with Crippen LogP contribution >= 0.6 is 22.6 Å². The van der Waals surface area contributed by atoms with E-state index >= 15 is 0 Å². The Kier molecular flexibility index (Phi) is 5.87. The molecule has 0 atom stereocenters. The number of nitrogens with two attached hydrogens (primary N) is 2. The molecule has 0 amide bonds. The molecule has 1 aliphatic heterocycles. The summed E-state index contributed by atoms with van der Waals surface area (Å²) in [7, 11) is -1.32. The molecule has 1 aliphatic rings. The number of halogens is 1. The van der Waals surface area contributed by atoms with Gasteiger partial charge < -0.3 is 10.6 Å². The second-order valence-corrected chi connectivity index (χ2v) is 8.44. The normalized spacial score (nSPS) is 18.8.